The SMILES string of the molecule is O=C(O)[C@H]1O[C@@H](O)[C@H](O)[C@@H](O)[C@@H]1O[C@H]1O[C@H](CO)[C@@H](O)[C@H](O)[C@H]1O. The zero-order chi connectivity index (χ0) is 18.2. The molecule has 0 amide bonds. The fourth-order valence-corrected chi connectivity index (χ4v) is 2.54. The maximum atomic E-state index is 11.2. The largest absolute Gasteiger partial charge is 0.479 e. The highest BCUT2D eigenvalue weighted by atomic mass is 16.7. The van der Waals surface area contributed by atoms with E-state index in [2.05, 4.69) is 4.74 Å². The Hall–Kier alpha value is -0.930. The van der Waals surface area contributed by atoms with Gasteiger partial charge in [0.05, 0.1) is 6.61 Å². The molecule has 2 rings (SSSR count). The molecule has 0 unspecified atom stereocenters. The van der Waals surface area contributed by atoms with E-state index in [-0.39, 0.29) is 0 Å². The first kappa shape index (κ1) is 19.4. The molecule has 0 aromatic heterocycles. The molecule has 0 aromatic carbocycles. The lowest BCUT2D eigenvalue weighted by molar-refractivity contribution is -0.350. The van der Waals surface area contributed by atoms with Crippen molar-refractivity contribution in [1.82, 2.24) is 0 Å². The summed E-state index contributed by atoms with van der Waals surface area (Å²) in [5.74, 6) is -1.63. The second kappa shape index (κ2) is 7.53. The molecule has 2 heterocycles. The van der Waals surface area contributed by atoms with Gasteiger partial charge in [-0.15, -0.1) is 0 Å². The molecule has 0 saturated carbocycles. The molecule has 10 atom stereocenters. The van der Waals surface area contributed by atoms with Gasteiger partial charge in [-0.25, -0.2) is 4.79 Å². The van der Waals surface area contributed by atoms with E-state index < -0.39 is 74.0 Å². The lowest BCUT2D eigenvalue weighted by Crippen LogP contribution is -2.65. The molecule has 0 aromatic rings. The van der Waals surface area contributed by atoms with Crippen LogP contribution in [0.5, 0.6) is 0 Å². The van der Waals surface area contributed by atoms with Crippen molar-refractivity contribution in [3.8, 4) is 0 Å². The summed E-state index contributed by atoms with van der Waals surface area (Å²) in [4.78, 5) is 11.2. The van der Waals surface area contributed by atoms with Crippen molar-refractivity contribution in [3.05, 3.63) is 0 Å². The summed E-state index contributed by atoms with van der Waals surface area (Å²) in [6.07, 6.45) is -17.8. The number of carboxylic acid groups (broad SMARTS) is 1. The summed E-state index contributed by atoms with van der Waals surface area (Å²) in [7, 11) is 0. The molecule has 0 bridgehead atoms. The summed E-state index contributed by atoms with van der Waals surface area (Å²) < 4.78 is 14.8. The molecule has 140 valence electrons. The average molecular weight is 356 g/mol. The molecule has 12 nitrogen and oxygen atoms in total. The third-order valence-electron chi connectivity index (χ3n) is 3.95. The smallest absolute Gasteiger partial charge is 0.335 e. The minimum Gasteiger partial charge on any atom is -0.479 e. The highest BCUT2D eigenvalue weighted by molar-refractivity contribution is 5.73. The van der Waals surface area contributed by atoms with Crippen LogP contribution in [0.1, 0.15) is 0 Å². The van der Waals surface area contributed by atoms with Crippen LogP contribution in [-0.4, -0.2) is 115 Å². The Labute approximate surface area is 135 Å². The van der Waals surface area contributed by atoms with Crippen LogP contribution in [0.3, 0.4) is 0 Å². The molecular formula is C12H20O12. The summed E-state index contributed by atoms with van der Waals surface area (Å²) >= 11 is 0. The normalized spacial score (nSPS) is 49.8. The highest BCUT2D eigenvalue weighted by Gasteiger charge is 2.52. The molecule has 8 N–H and O–H groups in total. The van der Waals surface area contributed by atoms with E-state index in [1.165, 1.54) is 0 Å². The van der Waals surface area contributed by atoms with E-state index in [1.807, 2.05) is 0 Å². The zero-order valence-corrected chi connectivity index (χ0v) is 12.2. The van der Waals surface area contributed by atoms with Gasteiger partial charge in [0.2, 0.25) is 0 Å². The summed E-state index contributed by atoms with van der Waals surface area (Å²) in [5.41, 5.74) is 0. The van der Waals surface area contributed by atoms with E-state index in [9.17, 15) is 35.4 Å². The lowest BCUT2D eigenvalue weighted by atomic mass is 9.97. The zero-order valence-electron chi connectivity index (χ0n) is 12.2. The van der Waals surface area contributed by atoms with Gasteiger partial charge < -0.3 is 55.1 Å². The third-order valence-corrected chi connectivity index (χ3v) is 3.95. The van der Waals surface area contributed by atoms with Gasteiger partial charge in [0.1, 0.15) is 42.7 Å². The second-order valence-electron chi connectivity index (χ2n) is 5.56. The van der Waals surface area contributed by atoms with Crippen LogP contribution in [0, 0.1) is 0 Å². The Morgan fingerprint density at radius 3 is 2.04 bits per heavy atom. The number of aliphatic carboxylic acids is 1. The number of ether oxygens (including phenoxy) is 3. The van der Waals surface area contributed by atoms with Crippen LogP contribution in [0.2, 0.25) is 0 Å². The van der Waals surface area contributed by atoms with Crippen molar-refractivity contribution >= 4 is 5.97 Å². The standard InChI is InChI=1S/C12H20O12/c13-1-2-3(14)4(15)7(18)12(22-2)24-8-5(16)6(17)11(21)23-9(8)10(19)20/h2-9,11-18,21H,1H2,(H,19,20)/t2-,3-,4+,5-,6-,7-,8+,9+,11-,12-/m1/s1. The fraction of sp³-hybridized carbons (Fsp3) is 0.917. The quantitative estimate of drug-likeness (QED) is 0.238. The number of carboxylic acids is 1. The van der Waals surface area contributed by atoms with E-state index in [4.69, 9.17) is 19.7 Å². The minimum absolute atomic E-state index is 0.738. The van der Waals surface area contributed by atoms with E-state index >= 15 is 0 Å². The van der Waals surface area contributed by atoms with Crippen LogP contribution < -0.4 is 0 Å². The van der Waals surface area contributed by atoms with Crippen molar-refractivity contribution in [2.75, 3.05) is 6.61 Å². The Bertz CT molecular complexity index is 444. The monoisotopic (exact) mass is 356 g/mol. The molecule has 12 heteroatoms. The minimum atomic E-state index is -1.98. The predicted octanol–water partition coefficient (Wildman–Crippen LogP) is -5.30. The van der Waals surface area contributed by atoms with Gasteiger partial charge in [-0.3, -0.25) is 0 Å². The van der Waals surface area contributed by atoms with Gasteiger partial charge in [-0.2, -0.15) is 0 Å². The molecule has 24 heavy (non-hydrogen) atoms. The number of aliphatic hydroxyl groups is 7. The van der Waals surface area contributed by atoms with Gasteiger partial charge in [0, 0.05) is 0 Å². The van der Waals surface area contributed by atoms with Gasteiger partial charge in [0.15, 0.2) is 18.7 Å². The maximum Gasteiger partial charge on any atom is 0.335 e. The van der Waals surface area contributed by atoms with Gasteiger partial charge in [-0.1, -0.05) is 0 Å². The Kier molecular flexibility index (Phi) is 6.09. The first-order valence-electron chi connectivity index (χ1n) is 7.07. The number of carbonyl (C=O) groups is 1. The van der Waals surface area contributed by atoms with E-state index in [0.29, 0.717) is 0 Å². The maximum absolute atomic E-state index is 11.2. The van der Waals surface area contributed by atoms with Gasteiger partial charge in [-0.05, 0) is 0 Å². The van der Waals surface area contributed by atoms with Crippen LogP contribution in [0.15, 0.2) is 0 Å². The molecule has 2 aliphatic heterocycles. The van der Waals surface area contributed by atoms with Gasteiger partial charge >= 0.3 is 5.97 Å². The second-order valence-corrected chi connectivity index (χ2v) is 5.56. The predicted molar refractivity (Wildman–Crippen MR) is 69.2 cm³/mol. The van der Waals surface area contributed by atoms with Crippen molar-refractivity contribution in [2.24, 2.45) is 0 Å². The molecule has 2 aliphatic rings. The number of aliphatic hydroxyl groups excluding tert-OH is 7. The third kappa shape index (κ3) is 3.52. The lowest BCUT2D eigenvalue weighted by Gasteiger charge is -2.44. The summed E-state index contributed by atoms with van der Waals surface area (Å²) in [6.45, 7) is -0.738. The fourth-order valence-electron chi connectivity index (χ4n) is 2.54. The average Bonchev–Trinajstić information content (AvgIpc) is 2.54. The summed E-state index contributed by atoms with van der Waals surface area (Å²) in [5, 5.41) is 76.2. The van der Waals surface area contributed by atoms with Crippen LogP contribution in [-0.2, 0) is 19.0 Å². The Balaban J connectivity index is 2.18. The van der Waals surface area contributed by atoms with Crippen LogP contribution >= 0.6 is 0 Å². The Morgan fingerprint density at radius 1 is 0.875 bits per heavy atom. The molecule has 2 saturated heterocycles. The van der Waals surface area contributed by atoms with Crippen LogP contribution in [0.25, 0.3) is 0 Å². The Morgan fingerprint density at radius 2 is 1.50 bits per heavy atom. The number of hydrogen-bond acceptors (Lipinski definition) is 11. The molecule has 0 spiro atoms. The van der Waals surface area contributed by atoms with Crippen LogP contribution in [0.4, 0.5) is 0 Å². The van der Waals surface area contributed by atoms with Gasteiger partial charge in [0.25, 0.3) is 0 Å². The summed E-state index contributed by atoms with van der Waals surface area (Å²) in [6, 6.07) is 0. The van der Waals surface area contributed by atoms with Crippen molar-refractivity contribution < 1.29 is 59.9 Å². The first-order valence-corrected chi connectivity index (χ1v) is 7.07. The van der Waals surface area contributed by atoms with E-state index in [1.54, 1.807) is 0 Å². The van der Waals surface area contributed by atoms with Crippen molar-refractivity contribution in [2.45, 2.75) is 61.4 Å². The first-order chi connectivity index (χ1) is 11.2. The number of hydrogen-bond donors (Lipinski definition) is 8. The topological polar surface area (TPSA) is 207 Å². The number of rotatable bonds is 4. The van der Waals surface area contributed by atoms with E-state index in [0.717, 1.165) is 0 Å². The molecular weight excluding hydrogens is 336 g/mol. The van der Waals surface area contributed by atoms with Crippen molar-refractivity contribution in [3.63, 3.8) is 0 Å². The highest BCUT2D eigenvalue weighted by Crippen LogP contribution is 2.28. The molecule has 0 aliphatic carbocycles. The molecule has 0 radical (unpaired) electrons. The molecule has 2 fully saturated rings. The van der Waals surface area contributed by atoms with Crippen molar-refractivity contribution in [1.29, 1.82) is 0 Å².